The maximum absolute atomic E-state index is 11.1. The van der Waals surface area contributed by atoms with Gasteiger partial charge in [-0.05, 0) is 60.8 Å². The van der Waals surface area contributed by atoms with E-state index < -0.39 is 5.97 Å². The van der Waals surface area contributed by atoms with Gasteiger partial charge in [0.1, 0.15) is 17.5 Å². The van der Waals surface area contributed by atoms with E-state index in [0.29, 0.717) is 6.04 Å². The number of hydrogen-bond donors (Lipinski definition) is 2. The zero-order chi connectivity index (χ0) is 16.6. The fourth-order valence-corrected chi connectivity index (χ4v) is 3.47. The molecule has 5 nitrogen and oxygen atoms in total. The molecule has 1 fully saturated rings. The summed E-state index contributed by atoms with van der Waals surface area (Å²) < 4.78 is 7.00. The van der Waals surface area contributed by atoms with E-state index in [9.17, 15) is 4.79 Å². The molecular formula is C17H21BrN2O3. The summed E-state index contributed by atoms with van der Waals surface area (Å²) in [7, 11) is 0. The fraction of sp³-hybridized carbons (Fsp3) is 0.471. The van der Waals surface area contributed by atoms with E-state index in [1.165, 1.54) is 0 Å². The van der Waals surface area contributed by atoms with Crippen molar-refractivity contribution in [1.29, 1.82) is 0 Å². The minimum atomic E-state index is -0.958. The molecule has 0 bridgehead atoms. The summed E-state index contributed by atoms with van der Waals surface area (Å²) >= 11 is 3.52. The average molecular weight is 381 g/mol. The third-order valence-corrected chi connectivity index (χ3v) is 5.02. The minimum Gasteiger partial charge on any atom is -0.489 e. The second-order valence-corrected chi connectivity index (χ2v) is 7.16. The molecule has 0 spiro atoms. The molecule has 2 N–H and O–H groups in total. The van der Waals surface area contributed by atoms with Gasteiger partial charge in [-0.3, -0.25) is 0 Å². The monoisotopic (exact) mass is 380 g/mol. The molecule has 0 amide bonds. The van der Waals surface area contributed by atoms with Crippen molar-refractivity contribution in [1.82, 2.24) is 9.88 Å². The second kappa shape index (κ2) is 6.53. The lowest BCUT2D eigenvalue weighted by Gasteiger charge is -2.34. The molecule has 6 heteroatoms. The van der Waals surface area contributed by atoms with Gasteiger partial charge in [-0.1, -0.05) is 0 Å². The number of ether oxygens (including phenoxy) is 1. The lowest BCUT2D eigenvalue weighted by atomic mass is 10.1. The largest absolute Gasteiger partial charge is 0.489 e. The van der Waals surface area contributed by atoms with Crippen molar-refractivity contribution in [3.63, 3.8) is 0 Å². The Hall–Kier alpha value is -1.53. The van der Waals surface area contributed by atoms with Crippen molar-refractivity contribution in [3.8, 4) is 5.75 Å². The van der Waals surface area contributed by atoms with Gasteiger partial charge in [0.15, 0.2) is 0 Å². The summed E-state index contributed by atoms with van der Waals surface area (Å²) in [4.78, 5) is 16.4. The summed E-state index contributed by atoms with van der Waals surface area (Å²) in [5.41, 5.74) is 0.977. The lowest BCUT2D eigenvalue weighted by Crippen LogP contribution is -2.41. The first kappa shape index (κ1) is 16.3. The van der Waals surface area contributed by atoms with Crippen molar-refractivity contribution >= 4 is 32.8 Å². The zero-order valence-corrected chi connectivity index (χ0v) is 14.9. The number of aromatic carboxylic acids is 1. The standard InChI is InChI=1S/C17H21BrN2O3/c1-10(2)20-5-3-12(4-6-20)23-16-8-11-7-15(17(21)22)19-14(11)9-13(16)18/h7-10,12,19H,3-6H2,1-2H3,(H,21,22). The number of piperidine rings is 1. The number of aromatic amines is 1. The van der Waals surface area contributed by atoms with Crippen molar-refractivity contribution in [3.05, 3.63) is 28.4 Å². The van der Waals surface area contributed by atoms with Crippen LogP contribution < -0.4 is 4.74 Å². The van der Waals surface area contributed by atoms with Gasteiger partial charge < -0.3 is 19.7 Å². The normalized spacial score (nSPS) is 17.0. The first-order chi connectivity index (χ1) is 10.9. The predicted octanol–water partition coefficient (Wildman–Crippen LogP) is 3.88. The molecule has 23 heavy (non-hydrogen) atoms. The van der Waals surface area contributed by atoms with E-state index in [1.54, 1.807) is 6.07 Å². The number of aromatic nitrogens is 1. The molecule has 1 aliphatic rings. The van der Waals surface area contributed by atoms with Gasteiger partial charge in [-0.25, -0.2) is 4.79 Å². The molecule has 2 aromatic rings. The maximum atomic E-state index is 11.1. The van der Waals surface area contributed by atoms with Crippen LogP contribution in [0.1, 0.15) is 37.2 Å². The smallest absolute Gasteiger partial charge is 0.352 e. The Morgan fingerprint density at radius 1 is 1.35 bits per heavy atom. The van der Waals surface area contributed by atoms with Crippen LogP contribution in [-0.2, 0) is 0 Å². The molecule has 0 atom stereocenters. The number of carboxylic acids is 1. The van der Waals surface area contributed by atoms with Crippen LogP contribution in [-0.4, -0.2) is 46.2 Å². The average Bonchev–Trinajstić information content (AvgIpc) is 2.91. The third kappa shape index (κ3) is 3.53. The minimum absolute atomic E-state index is 0.189. The van der Waals surface area contributed by atoms with E-state index in [-0.39, 0.29) is 11.8 Å². The summed E-state index contributed by atoms with van der Waals surface area (Å²) in [6.45, 7) is 6.54. The Morgan fingerprint density at radius 2 is 2.04 bits per heavy atom. The number of fused-ring (bicyclic) bond motifs is 1. The molecule has 1 aromatic heterocycles. The molecule has 0 unspecified atom stereocenters. The molecule has 0 radical (unpaired) electrons. The zero-order valence-electron chi connectivity index (χ0n) is 13.3. The van der Waals surface area contributed by atoms with Gasteiger partial charge in [-0.2, -0.15) is 0 Å². The lowest BCUT2D eigenvalue weighted by molar-refractivity contribution is 0.0691. The van der Waals surface area contributed by atoms with Gasteiger partial charge in [0.2, 0.25) is 0 Å². The highest BCUT2D eigenvalue weighted by molar-refractivity contribution is 9.10. The topological polar surface area (TPSA) is 65.6 Å². The Bertz CT molecular complexity index is 718. The van der Waals surface area contributed by atoms with Gasteiger partial charge in [0.05, 0.1) is 4.47 Å². The number of H-pyrrole nitrogens is 1. The summed E-state index contributed by atoms with van der Waals surface area (Å²) in [6.07, 6.45) is 2.23. The molecule has 0 aliphatic carbocycles. The molecule has 1 aromatic carbocycles. The summed E-state index contributed by atoms with van der Waals surface area (Å²) in [6, 6.07) is 5.99. The van der Waals surface area contributed by atoms with Crippen molar-refractivity contribution < 1.29 is 14.6 Å². The van der Waals surface area contributed by atoms with Crippen molar-refractivity contribution in [2.75, 3.05) is 13.1 Å². The Morgan fingerprint density at radius 3 is 2.65 bits per heavy atom. The van der Waals surface area contributed by atoms with Gasteiger partial charge >= 0.3 is 5.97 Å². The number of carbonyl (C=O) groups is 1. The number of nitrogens with one attached hydrogen (secondary N) is 1. The highest BCUT2D eigenvalue weighted by Crippen LogP contribution is 2.32. The molecular weight excluding hydrogens is 360 g/mol. The van der Waals surface area contributed by atoms with E-state index in [2.05, 4.69) is 39.7 Å². The van der Waals surface area contributed by atoms with Crippen LogP contribution in [0, 0.1) is 0 Å². The highest BCUT2D eigenvalue weighted by Gasteiger charge is 2.23. The van der Waals surface area contributed by atoms with Crippen LogP contribution in [0.2, 0.25) is 0 Å². The van der Waals surface area contributed by atoms with Gasteiger partial charge in [-0.15, -0.1) is 0 Å². The number of halogens is 1. The Labute approximate surface area is 143 Å². The van der Waals surface area contributed by atoms with Gasteiger partial charge in [0, 0.05) is 30.0 Å². The molecule has 0 saturated carbocycles. The predicted molar refractivity (Wildman–Crippen MR) is 93.3 cm³/mol. The van der Waals surface area contributed by atoms with E-state index in [1.807, 2.05) is 12.1 Å². The van der Waals surface area contributed by atoms with Crippen molar-refractivity contribution in [2.45, 2.75) is 38.8 Å². The SMILES string of the molecule is CC(C)N1CCC(Oc2cc3cc(C(=O)O)[nH]c3cc2Br)CC1. The van der Waals surface area contributed by atoms with Gasteiger partial charge in [0.25, 0.3) is 0 Å². The Balaban J connectivity index is 1.75. The maximum Gasteiger partial charge on any atom is 0.352 e. The number of benzene rings is 1. The summed E-state index contributed by atoms with van der Waals surface area (Å²) in [5, 5.41) is 9.92. The molecule has 1 aliphatic heterocycles. The summed E-state index contributed by atoms with van der Waals surface area (Å²) in [5.74, 6) is -0.183. The highest BCUT2D eigenvalue weighted by atomic mass is 79.9. The number of rotatable bonds is 4. The number of nitrogens with zero attached hydrogens (tertiary/aromatic N) is 1. The van der Waals surface area contributed by atoms with Crippen LogP contribution in [0.3, 0.4) is 0 Å². The molecule has 2 heterocycles. The van der Waals surface area contributed by atoms with Crippen LogP contribution in [0.5, 0.6) is 5.75 Å². The molecule has 1 saturated heterocycles. The second-order valence-electron chi connectivity index (χ2n) is 6.30. The van der Waals surface area contributed by atoms with E-state index >= 15 is 0 Å². The first-order valence-corrected chi connectivity index (χ1v) is 8.69. The quantitative estimate of drug-likeness (QED) is 0.844. The van der Waals surface area contributed by atoms with Crippen LogP contribution in [0.25, 0.3) is 10.9 Å². The Kier molecular flexibility index (Phi) is 4.64. The third-order valence-electron chi connectivity index (χ3n) is 4.40. The number of hydrogen-bond acceptors (Lipinski definition) is 3. The van der Waals surface area contributed by atoms with Crippen LogP contribution >= 0.6 is 15.9 Å². The van der Waals surface area contributed by atoms with Crippen molar-refractivity contribution in [2.24, 2.45) is 0 Å². The first-order valence-electron chi connectivity index (χ1n) is 7.90. The van der Waals surface area contributed by atoms with E-state index in [0.717, 1.165) is 47.1 Å². The fourth-order valence-electron chi connectivity index (χ4n) is 3.03. The van der Waals surface area contributed by atoms with Crippen LogP contribution in [0.15, 0.2) is 22.7 Å². The van der Waals surface area contributed by atoms with E-state index in [4.69, 9.17) is 9.84 Å². The number of likely N-dealkylation sites (tertiary alicyclic amines) is 1. The molecule has 3 rings (SSSR count). The number of carboxylic acid groups (broad SMARTS) is 1. The molecule has 124 valence electrons. The van der Waals surface area contributed by atoms with Crippen LogP contribution in [0.4, 0.5) is 0 Å².